The molecule has 0 aliphatic carbocycles. The first-order valence-electron chi connectivity index (χ1n) is 5.78. The van der Waals surface area contributed by atoms with Crippen LogP contribution in [-0.2, 0) is 0 Å². The lowest BCUT2D eigenvalue weighted by Gasteiger charge is -2.12. The quantitative estimate of drug-likeness (QED) is 0.582. The van der Waals surface area contributed by atoms with E-state index in [0.717, 1.165) is 17.7 Å². The van der Waals surface area contributed by atoms with E-state index in [1.807, 2.05) is 6.92 Å². The Labute approximate surface area is 120 Å². The fourth-order valence-corrected chi connectivity index (χ4v) is 1.84. The van der Waals surface area contributed by atoms with Crippen LogP contribution < -0.4 is 10.6 Å². The highest BCUT2D eigenvalue weighted by Crippen LogP contribution is 2.24. The van der Waals surface area contributed by atoms with E-state index in [-0.39, 0.29) is 10.9 Å². The molecular weight excluding hydrogens is 282 g/mol. The van der Waals surface area contributed by atoms with Crippen molar-refractivity contribution in [1.82, 2.24) is 0 Å². The molecule has 2 rings (SSSR count). The van der Waals surface area contributed by atoms with Crippen molar-refractivity contribution in [2.75, 3.05) is 10.6 Å². The zero-order valence-corrected chi connectivity index (χ0v) is 11.4. The van der Waals surface area contributed by atoms with Gasteiger partial charge in [0, 0.05) is 11.8 Å². The summed E-state index contributed by atoms with van der Waals surface area (Å²) in [4.78, 5) is 0. The number of hydrogen-bond donors (Lipinski definition) is 3. The summed E-state index contributed by atoms with van der Waals surface area (Å²) in [6, 6.07) is 8.38. The minimum atomic E-state index is -0.962. The molecular formula is C14H12F2N2OS. The molecule has 0 fully saturated rings. The van der Waals surface area contributed by atoms with Crippen LogP contribution in [0.3, 0.4) is 0 Å². The number of hydrogen-bond acceptors (Lipinski definition) is 2. The van der Waals surface area contributed by atoms with E-state index in [4.69, 9.17) is 12.2 Å². The molecule has 0 unspecified atom stereocenters. The lowest BCUT2D eigenvalue weighted by Crippen LogP contribution is -2.19. The van der Waals surface area contributed by atoms with Crippen molar-refractivity contribution in [3.05, 3.63) is 53.6 Å². The number of aryl methyl sites for hydroxylation is 1. The summed E-state index contributed by atoms with van der Waals surface area (Å²) in [5, 5.41) is 15.3. The second kappa shape index (κ2) is 5.83. The maximum Gasteiger partial charge on any atom is 0.175 e. The lowest BCUT2D eigenvalue weighted by atomic mass is 10.2. The molecule has 0 aliphatic rings. The Balaban J connectivity index is 2.09. The first kappa shape index (κ1) is 14.2. The Kier molecular flexibility index (Phi) is 4.14. The van der Waals surface area contributed by atoms with Gasteiger partial charge in [0.1, 0.15) is 5.75 Å². The van der Waals surface area contributed by atoms with Gasteiger partial charge in [-0.05, 0) is 49.0 Å². The van der Waals surface area contributed by atoms with Crippen molar-refractivity contribution >= 4 is 28.7 Å². The molecule has 3 nitrogen and oxygen atoms in total. The largest absolute Gasteiger partial charge is 0.506 e. The normalized spacial score (nSPS) is 10.2. The van der Waals surface area contributed by atoms with Crippen LogP contribution in [0.5, 0.6) is 5.75 Å². The molecule has 0 amide bonds. The topological polar surface area (TPSA) is 44.3 Å². The van der Waals surface area contributed by atoms with Crippen molar-refractivity contribution < 1.29 is 13.9 Å². The molecule has 0 atom stereocenters. The molecule has 20 heavy (non-hydrogen) atoms. The van der Waals surface area contributed by atoms with Crippen LogP contribution in [0.15, 0.2) is 36.4 Å². The van der Waals surface area contributed by atoms with Crippen LogP contribution in [0.2, 0.25) is 0 Å². The minimum absolute atomic E-state index is 0.0463. The molecule has 2 aromatic rings. The Bertz CT molecular complexity index is 662. The highest BCUT2D eigenvalue weighted by Gasteiger charge is 2.06. The van der Waals surface area contributed by atoms with Gasteiger partial charge >= 0.3 is 0 Å². The summed E-state index contributed by atoms with van der Waals surface area (Å²) in [5.41, 5.74) is 1.69. The van der Waals surface area contributed by atoms with Gasteiger partial charge in [0.2, 0.25) is 0 Å². The van der Waals surface area contributed by atoms with Crippen molar-refractivity contribution in [3.63, 3.8) is 0 Å². The SMILES string of the molecule is Cc1ccc(O)c(NC(=S)Nc2ccc(F)c(F)c2)c1. The monoisotopic (exact) mass is 294 g/mol. The molecule has 6 heteroatoms. The number of halogens is 2. The Morgan fingerprint density at radius 2 is 1.80 bits per heavy atom. The van der Waals surface area contributed by atoms with Crippen molar-refractivity contribution in [1.29, 1.82) is 0 Å². The number of phenols is 1. The summed E-state index contributed by atoms with van der Waals surface area (Å²) in [5.74, 6) is -1.84. The van der Waals surface area contributed by atoms with E-state index in [1.54, 1.807) is 12.1 Å². The highest BCUT2D eigenvalue weighted by atomic mass is 32.1. The van der Waals surface area contributed by atoms with Crippen LogP contribution >= 0.6 is 12.2 Å². The van der Waals surface area contributed by atoms with Gasteiger partial charge in [-0.2, -0.15) is 0 Å². The molecule has 0 saturated carbocycles. The molecule has 104 valence electrons. The minimum Gasteiger partial charge on any atom is -0.506 e. The summed E-state index contributed by atoms with van der Waals surface area (Å²) < 4.78 is 25.9. The maximum atomic E-state index is 13.1. The van der Waals surface area contributed by atoms with Gasteiger partial charge in [-0.3, -0.25) is 0 Å². The lowest BCUT2D eigenvalue weighted by molar-refractivity contribution is 0.478. The molecule has 0 bridgehead atoms. The van der Waals surface area contributed by atoms with Crippen LogP contribution in [-0.4, -0.2) is 10.2 Å². The zero-order chi connectivity index (χ0) is 14.7. The maximum absolute atomic E-state index is 13.1. The van der Waals surface area contributed by atoms with Crippen LogP contribution in [0.1, 0.15) is 5.56 Å². The van der Waals surface area contributed by atoms with Crippen LogP contribution in [0, 0.1) is 18.6 Å². The number of thiocarbonyl (C=S) groups is 1. The molecule has 0 radical (unpaired) electrons. The van der Waals surface area contributed by atoms with E-state index in [1.165, 1.54) is 12.1 Å². The Morgan fingerprint density at radius 3 is 2.50 bits per heavy atom. The van der Waals surface area contributed by atoms with Crippen LogP contribution in [0.25, 0.3) is 0 Å². The molecule has 3 N–H and O–H groups in total. The first-order valence-corrected chi connectivity index (χ1v) is 6.19. The molecule has 0 heterocycles. The van der Waals surface area contributed by atoms with E-state index >= 15 is 0 Å². The number of benzene rings is 2. The van der Waals surface area contributed by atoms with E-state index in [2.05, 4.69) is 10.6 Å². The summed E-state index contributed by atoms with van der Waals surface area (Å²) in [6.07, 6.45) is 0. The third-order valence-electron chi connectivity index (χ3n) is 2.58. The van der Waals surface area contributed by atoms with E-state index in [9.17, 15) is 13.9 Å². The second-order valence-electron chi connectivity index (χ2n) is 4.23. The van der Waals surface area contributed by atoms with Crippen LogP contribution in [0.4, 0.5) is 20.2 Å². The summed E-state index contributed by atoms with van der Waals surface area (Å²) in [7, 11) is 0. The molecule has 0 spiro atoms. The highest BCUT2D eigenvalue weighted by molar-refractivity contribution is 7.80. The predicted molar refractivity (Wildman–Crippen MR) is 79.0 cm³/mol. The number of nitrogens with one attached hydrogen (secondary N) is 2. The number of aromatic hydroxyl groups is 1. The van der Waals surface area contributed by atoms with Gasteiger partial charge in [0.25, 0.3) is 0 Å². The van der Waals surface area contributed by atoms with Crippen molar-refractivity contribution in [3.8, 4) is 5.75 Å². The van der Waals surface area contributed by atoms with Gasteiger partial charge < -0.3 is 15.7 Å². The number of anilines is 2. The average Bonchev–Trinajstić information content (AvgIpc) is 2.38. The fourth-order valence-electron chi connectivity index (χ4n) is 1.61. The average molecular weight is 294 g/mol. The van der Waals surface area contributed by atoms with Gasteiger partial charge in [-0.25, -0.2) is 8.78 Å². The van der Waals surface area contributed by atoms with Crippen molar-refractivity contribution in [2.24, 2.45) is 0 Å². The van der Waals surface area contributed by atoms with Crippen molar-refractivity contribution in [2.45, 2.75) is 6.92 Å². The van der Waals surface area contributed by atoms with Gasteiger partial charge in [-0.1, -0.05) is 6.07 Å². The molecule has 0 aromatic heterocycles. The van der Waals surface area contributed by atoms with Gasteiger partial charge in [0.05, 0.1) is 5.69 Å². The van der Waals surface area contributed by atoms with Gasteiger partial charge in [0.15, 0.2) is 16.7 Å². The predicted octanol–water partition coefficient (Wildman–Crippen LogP) is 3.79. The smallest absolute Gasteiger partial charge is 0.175 e. The van der Waals surface area contributed by atoms with E-state index in [0.29, 0.717) is 11.4 Å². The first-order chi connectivity index (χ1) is 9.45. The second-order valence-corrected chi connectivity index (χ2v) is 4.64. The molecule has 0 aliphatic heterocycles. The third-order valence-corrected chi connectivity index (χ3v) is 2.78. The molecule has 2 aromatic carbocycles. The summed E-state index contributed by atoms with van der Waals surface area (Å²) >= 11 is 5.05. The zero-order valence-electron chi connectivity index (χ0n) is 10.6. The Morgan fingerprint density at radius 1 is 1.05 bits per heavy atom. The third kappa shape index (κ3) is 3.42. The summed E-state index contributed by atoms with van der Waals surface area (Å²) in [6.45, 7) is 1.87. The number of rotatable bonds is 2. The standard InChI is InChI=1S/C14H12F2N2OS/c1-8-2-5-13(19)12(6-8)18-14(20)17-9-3-4-10(15)11(16)7-9/h2-7,19H,1H3,(H2,17,18,20). The van der Waals surface area contributed by atoms with E-state index < -0.39 is 11.6 Å². The Hall–Kier alpha value is -2.21. The fraction of sp³-hybridized carbons (Fsp3) is 0.0714. The van der Waals surface area contributed by atoms with Gasteiger partial charge in [-0.15, -0.1) is 0 Å². The number of phenolic OH excluding ortho intramolecular Hbond substituents is 1. The molecule has 0 saturated heterocycles.